The van der Waals surface area contributed by atoms with Crippen molar-refractivity contribution in [2.24, 2.45) is 0 Å². The second-order valence-electron chi connectivity index (χ2n) is 3.15. The number of alkyl halides is 1. The molecule has 5 nitrogen and oxygen atoms in total. The first-order valence-electron chi connectivity index (χ1n) is 4.73. The average Bonchev–Trinajstić information content (AvgIpc) is 2.30. The van der Waals surface area contributed by atoms with Gasteiger partial charge in [0.2, 0.25) is 0 Å². The third-order valence-electron chi connectivity index (χ3n) is 1.96. The molecule has 0 saturated heterocycles. The summed E-state index contributed by atoms with van der Waals surface area (Å²) in [5.41, 5.74) is -1.63. The zero-order valence-electron chi connectivity index (χ0n) is 8.94. The van der Waals surface area contributed by atoms with Crippen LogP contribution in [0.5, 0.6) is 0 Å². The highest BCUT2D eigenvalue weighted by atomic mass is 35.5. The molecule has 94 valence electrons. The van der Waals surface area contributed by atoms with Crippen LogP contribution in [0.2, 0.25) is 0 Å². The number of hydrogen-bond acceptors (Lipinski definition) is 3. The number of nitro benzene ring substituents is 1. The lowest BCUT2D eigenvalue weighted by Crippen LogP contribution is -2.04. The van der Waals surface area contributed by atoms with E-state index in [0.29, 0.717) is 12.5 Å². The largest absolute Gasteiger partial charge is 0.477 e. The molecule has 0 aliphatic rings. The Morgan fingerprint density at radius 2 is 2.22 bits per heavy atom. The van der Waals surface area contributed by atoms with E-state index in [0.717, 1.165) is 6.07 Å². The number of nitrogens with zero attached hydrogens (tertiary/aromatic N) is 1. The highest BCUT2D eigenvalue weighted by Gasteiger charge is 2.22. The van der Waals surface area contributed by atoms with Gasteiger partial charge >= 0.3 is 5.97 Å². The first-order chi connectivity index (χ1) is 8.47. The molecular weight excluding hydrogens is 265 g/mol. The number of nitro groups is 1. The molecule has 0 radical (unpaired) electrons. The molecule has 1 aromatic rings. The number of halogens is 2. The number of carboxylic acid groups (broad SMARTS) is 1. The Bertz CT molecular complexity index is 562. The second-order valence-corrected chi connectivity index (χ2v) is 3.53. The van der Waals surface area contributed by atoms with E-state index in [4.69, 9.17) is 16.7 Å². The Hall–Kier alpha value is -2.13. The summed E-state index contributed by atoms with van der Waals surface area (Å²) in [4.78, 5) is 20.5. The Balaban J connectivity index is 3.33. The summed E-state index contributed by atoms with van der Waals surface area (Å²) in [6, 6.07) is 1.39. The first-order valence-corrected chi connectivity index (χ1v) is 5.27. The van der Waals surface area contributed by atoms with Crippen molar-refractivity contribution in [3.63, 3.8) is 0 Å². The van der Waals surface area contributed by atoms with E-state index in [1.807, 2.05) is 0 Å². The molecule has 0 atom stereocenters. The number of carboxylic acids is 1. The number of carbonyl (C=O) groups is 1. The number of benzene rings is 1. The molecule has 0 aliphatic heterocycles. The number of aromatic carboxylic acids is 1. The van der Waals surface area contributed by atoms with Gasteiger partial charge in [-0.15, -0.1) is 11.6 Å². The standard InChI is InChI=1S/C11H7ClFNO4/c12-4-2-1-3-7-5-10(14(17)18)8(11(15)16)6-9(7)13/h5-6H,2,4H2,(H,15,16). The first kappa shape index (κ1) is 13.9. The van der Waals surface area contributed by atoms with Crippen molar-refractivity contribution in [1.29, 1.82) is 0 Å². The fraction of sp³-hybridized carbons (Fsp3) is 0.182. The molecule has 0 aliphatic carbocycles. The van der Waals surface area contributed by atoms with Crippen LogP contribution in [0, 0.1) is 27.8 Å². The molecule has 18 heavy (non-hydrogen) atoms. The van der Waals surface area contributed by atoms with Crippen molar-refractivity contribution < 1.29 is 19.2 Å². The Morgan fingerprint density at radius 1 is 1.56 bits per heavy atom. The molecule has 1 rings (SSSR count). The smallest absolute Gasteiger partial charge is 0.342 e. The van der Waals surface area contributed by atoms with Gasteiger partial charge in [0.05, 0.1) is 10.5 Å². The van der Waals surface area contributed by atoms with Crippen LogP contribution in [-0.4, -0.2) is 21.9 Å². The van der Waals surface area contributed by atoms with Gasteiger partial charge in [0, 0.05) is 18.4 Å². The zero-order valence-corrected chi connectivity index (χ0v) is 9.70. The highest BCUT2D eigenvalue weighted by Crippen LogP contribution is 2.22. The Labute approximate surface area is 106 Å². The maximum atomic E-state index is 13.5. The van der Waals surface area contributed by atoms with Gasteiger partial charge in [-0.1, -0.05) is 11.8 Å². The number of hydrogen-bond donors (Lipinski definition) is 1. The average molecular weight is 272 g/mol. The van der Waals surface area contributed by atoms with Gasteiger partial charge in [-0.2, -0.15) is 0 Å². The topological polar surface area (TPSA) is 80.4 Å². The van der Waals surface area contributed by atoms with Crippen molar-refractivity contribution in [3.05, 3.63) is 39.2 Å². The minimum Gasteiger partial charge on any atom is -0.477 e. The summed E-state index contributed by atoms with van der Waals surface area (Å²) in [5, 5.41) is 19.4. The van der Waals surface area contributed by atoms with Crippen LogP contribution in [0.3, 0.4) is 0 Å². The van der Waals surface area contributed by atoms with E-state index in [9.17, 15) is 19.3 Å². The van der Waals surface area contributed by atoms with E-state index in [1.54, 1.807) is 0 Å². The van der Waals surface area contributed by atoms with Gasteiger partial charge < -0.3 is 5.11 Å². The predicted octanol–water partition coefficient (Wildman–Crippen LogP) is 2.41. The Morgan fingerprint density at radius 3 is 2.72 bits per heavy atom. The van der Waals surface area contributed by atoms with Gasteiger partial charge in [-0.3, -0.25) is 10.1 Å². The quantitative estimate of drug-likeness (QED) is 0.396. The van der Waals surface area contributed by atoms with Crippen LogP contribution >= 0.6 is 11.6 Å². The lowest BCUT2D eigenvalue weighted by molar-refractivity contribution is -0.385. The van der Waals surface area contributed by atoms with Crippen molar-refractivity contribution in [2.45, 2.75) is 6.42 Å². The Kier molecular flexibility index (Phi) is 4.63. The SMILES string of the molecule is O=C(O)c1cc(F)c(C#CCCCl)cc1[N+](=O)[O-]. The van der Waals surface area contributed by atoms with Crippen LogP contribution in [-0.2, 0) is 0 Å². The molecule has 0 saturated carbocycles. The van der Waals surface area contributed by atoms with E-state index in [-0.39, 0.29) is 11.4 Å². The van der Waals surface area contributed by atoms with Crippen LogP contribution in [0.25, 0.3) is 0 Å². The summed E-state index contributed by atoms with van der Waals surface area (Å²) < 4.78 is 13.5. The van der Waals surface area contributed by atoms with Crippen molar-refractivity contribution in [3.8, 4) is 11.8 Å². The molecule has 0 aromatic heterocycles. The van der Waals surface area contributed by atoms with Crippen LogP contribution in [0.15, 0.2) is 12.1 Å². The van der Waals surface area contributed by atoms with Crippen LogP contribution in [0.1, 0.15) is 22.3 Å². The normalized spacial score (nSPS) is 9.44. The van der Waals surface area contributed by atoms with E-state index < -0.39 is 28.0 Å². The predicted molar refractivity (Wildman–Crippen MR) is 62.2 cm³/mol. The molecule has 0 bridgehead atoms. The van der Waals surface area contributed by atoms with Crippen molar-refractivity contribution in [2.75, 3.05) is 5.88 Å². The van der Waals surface area contributed by atoms with Crippen LogP contribution in [0.4, 0.5) is 10.1 Å². The van der Waals surface area contributed by atoms with Gasteiger partial charge in [-0.25, -0.2) is 9.18 Å². The molecule has 1 N–H and O–H groups in total. The maximum absolute atomic E-state index is 13.5. The molecule has 0 fully saturated rings. The minimum absolute atomic E-state index is 0.225. The van der Waals surface area contributed by atoms with Gasteiger partial charge in [0.25, 0.3) is 5.69 Å². The maximum Gasteiger partial charge on any atom is 0.342 e. The van der Waals surface area contributed by atoms with Crippen molar-refractivity contribution >= 4 is 23.3 Å². The third kappa shape index (κ3) is 3.18. The molecule has 0 spiro atoms. The van der Waals surface area contributed by atoms with Gasteiger partial charge in [0.1, 0.15) is 11.4 Å². The molecule has 0 amide bonds. The van der Waals surface area contributed by atoms with Crippen molar-refractivity contribution in [1.82, 2.24) is 0 Å². The summed E-state index contributed by atoms with van der Waals surface area (Å²) in [7, 11) is 0. The monoisotopic (exact) mass is 271 g/mol. The van der Waals surface area contributed by atoms with Gasteiger partial charge in [0.15, 0.2) is 0 Å². The van der Waals surface area contributed by atoms with E-state index >= 15 is 0 Å². The molecular formula is C11H7ClFNO4. The number of rotatable bonds is 3. The highest BCUT2D eigenvalue weighted by molar-refractivity contribution is 6.18. The summed E-state index contributed by atoms with van der Waals surface area (Å²) in [5.74, 6) is 2.65. The van der Waals surface area contributed by atoms with Crippen LogP contribution < -0.4 is 0 Å². The zero-order chi connectivity index (χ0) is 13.7. The lowest BCUT2D eigenvalue weighted by atomic mass is 10.1. The van der Waals surface area contributed by atoms with E-state index in [2.05, 4.69) is 11.8 Å². The minimum atomic E-state index is -1.57. The fourth-order valence-corrected chi connectivity index (χ4v) is 1.28. The van der Waals surface area contributed by atoms with Gasteiger partial charge in [-0.05, 0) is 6.07 Å². The molecule has 0 unspecified atom stereocenters. The molecule has 7 heteroatoms. The summed E-state index contributed by atoms with van der Waals surface area (Å²) in [6.07, 6.45) is 0.301. The molecule has 0 heterocycles. The molecule has 1 aromatic carbocycles. The lowest BCUT2D eigenvalue weighted by Gasteiger charge is -2.00. The summed E-state index contributed by atoms with van der Waals surface area (Å²) >= 11 is 5.37. The summed E-state index contributed by atoms with van der Waals surface area (Å²) in [6.45, 7) is 0. The third-order valence-corrected chi connectivity index (χ3v) is 2.14. The van der Waals surface area contributed by atoms with E-state index in [1.165, 1.54) is 0 Å². The fourth-order valence-electron chi connectivity index (χ4n) is 1.18. The second kappa shape index (κ2) is 5.98.